The van der Waals surface area contributed by atoms with Gasteiger partial charge in [-0.15, -0.1) is 11.6 Å². The zero-order valence-electron chi connectivity index (χ0n) is 10.5. The van der Waals surface area contributed by atoms with E-state index in [0.29, 0.717) is 24.2 Å². The van der Waals surface area contributed by atoms with Crippen LogP contribution in [0.1, 0.15) is 42.6 Å². The van der Waals surface area contributed by atoms with Gasteiger partial charge in [-0.3, -0.25) is 9.78 Å². The molecule has 1 fully saturated rings. The Bertz CT molecular complexity index is 377. The van der Waals surface area contributed by atoms with Crippen molar-refractivity contribution in [2.45, 2.75) is 38.1 Å². The second kappa shape index (κ2) is 6.74. The van der Waals surface area contributed by atoms with Crippen molar-refractivity contribution in [3.8, 4) is 0 Å². The molecule has 2 rings (SSSR count). The number of hydrogen-bond acceptors (Lipinski definition) is 2. The number of amides is 1. The number of halogens is 1. The second-order valence-corrected chi connectivity index (χ2v) is 5.07. The number of alkyl halides is 1. The summed E-state index contributed by atoms with van der Waals surface area (Å²) >= 11 is 5.83. The molecule has 98 valence electrons. The van der Waals surface area contributed by atoms with E-state index in [9.17, 15) is 4.79 Å². The Morgan fingerprint density at radius 1 is 1.33 bits per heavy atom. The van der Waals surface area contributed by atoms with Crippen LogP contribution in [0.25, 0.3) is 0 Å². The molecule has 0 aliphatic heterocycles. The summed E-state index contributed by atoms with van der Waals surface area (Å²) in [6.45, 7) is 0.613. The SMILES string of the molecule is O=C(c1ccccn1)N(CCCl)C1CCCCC1. The predicted octanol–water partition coefficient (Wildman–Crippen LogP) is 3.10. The molecule has 1 aliphatic rings. The van der Waals surface area contributed by atoms with Crippen molar-refractivity contribution in [2.24, 2.45) is 0 Å². The number of pyridine rings is 1. The van der Waals surface area contributed by atoms with Crippen LogP contribution in [0.2, 0.25) is 0 Å². The fraction of sp³-hybridized carbons (Fsp3) is 0.571. The van der Waals surface area contributed by atoms with Crippen LogP contribution in [0.15, 0.2) is 24.4 Å². The number of hydrogen-bond donors (Lipinski definition) is 0. The van der Waals surface area contributed by atoms with E-state index in [1.54, 1.807) is 12.3 Å². The summed E-state index contributed by atoms with van der Waals surface area (Å²) in [4.78, 5) is 18.5. The van der Waals surface area contributed by atoms with E-state index in [0.717, 1.165) is 12.8 Å². The predicted molar refractivity (Wildman–Crippen MR) is 72.9 cm³/mol. The first-order chi connectivity index (χ1) is 8.83. The van der Waals surface area contributed by atoms with Gasteiger partial charge in [0, 0.05) is 24.7 Å². The Labute approximate surface area is 113 Å². The molecule has 0 N–H and O–H groups in total. The fourth-order valence-corrected chi connectivity index (χ4v) is 2.75. The minimum atomic E-state index is 0.0168. The molecule has 3 nitrogen and oxygen atoms in total. The molecule has 1 heterocycles. The number of nitrogens with zero attached hydrogens (tertiary/aromatic N) is 2. The highest BCUT2D eigenvalue weighted by Crippen LogP contribution is 2.23. The van der Waals surface area contributed by atoms with Crippen molar-refractivity contribution in [3.63, 3.8) is 0 Å². The Hall–Kier alpha value is -1.09. The molecule has 0 unspecified atom stereocenters. The van der Waals surface area contributed by atoms with Gasteiger partial charge < -0.3 is 4.90 Å². The molecule has 1 saturated carbocycles. The van der Waals surface area contributed by atoms with Crippen molar-refractivity contribution < 1.29 is 4.79 Å². The second-order valence-electron chi connectivity index (χ2n) is 4.69. The van der Waals surface area contributed by atoms with Crippen LogP contribution in [0.5, 0.6) is 0 Å². The van der Waals surface area contributed by atoms with Crippen LogP contribution in [0.3, 0.4) is 0 Å². The van der Waals surface area contributed by atoms with Gasteiger partial charge in [0.15, 0.2) is 0 Å². The van der Waals surface area contributed by atoms with Crippen LogP contribution >= 0.6 is 11.6 Å². The van der Waals surface area contributed by atoms with Crippen LogP contribution in [0.4, 0.5) is 0 Å². The third kappa shape index (κ3) is 3.22. The minimum absolute atomic E-state index is 0.0168. The van der Waals surface area contributed by atoms with Gasteiger partial charge in [-0.25, -0.2) is 0 Å². The molecule has 1 aromatic heterocycles. The van der Waals surface area contributed by atoms with E-state index in [-0.39, 0.29) is 5.91 Å². The Morgan fingerprint density at radius 2 is 2.11 bits per heavy atom. The summed E-state index contributed by atoms with van der Waals surface area (Å²) in [5.74, 6) is 0.498. The van der Waals surface area contributed by atoms with Gasteiger partial charge in [0.25, 0.3) is 5.91 Å². The zero-order chi connectivity index (χ0) is 12.8. The lowest BCUT2D eigenvalue weighted by atomic mass is 9.94. The summed E-state index contributed by atoms with van der Waals surface area (Å²) in [5.41, 5.74) is 0.521. The highest BCUT2D eigenvalue weighted by molar-refractivity contribution is 6.18. The molecule has 0 spiro atoms. The van der Waals surface area contributed by atoms with E-state index < -0.39 is 0 Å². The molecular formula is C14H19ClN2O. The number of carbonyl (C=O) groups excluding carboxylic acids is 1. The monoisotopic (exact) mass is 266 g/mol. The van der Waals surface area contributed by atoms with Gasteiger partial charge in [0.2, 0.25) is 0 Å². The summed E-state index contributed by atoms with van der Waals surface area (Å²) in [7, 11) is 0. The van der Waals surface area contributed by atoms with Gasteiger partial charge in [0.1, 0.15) is 5.69 Å². The van der Waals surface area contributed by atoms with E-state index in [2.05, 4.69) is 4.98 Å². The Kier molecular flexibility index (Phi) is 5.00. The van der Waals surface area contributed by atoms with Crippen molar-refractivity contribution in [1.29, 1.82) is 0 Å². The lowest BCUT2D eigenvalue weighted by Crippen LogP contribution is -2.42. The lowest BCUT2D eigenvalue weighted by molar-refractivity contribution is 0.0643. The van der Waals surface area contributed by atoms with Crippen molar-refractivity contribution in [3.05, 3.63) is 30.1 Å². The average Bonchev–Trinajstić information content (AvgIpc) is 2.46. The van der Waals surface area contributed by atoms with E-state index >= 15 is 0 Å². The quantitative estimate of drug-likeness (QED) is 0.785. The maximum atomic E-state index is 12.4. The molecule has 1 amide bonds. The van der Waals surface area contributed by atoms with E-state index in [1.165, 1.54) is 19.3 Å². The summed E-state index contributed by atoms with van der Waals surface area (Å²) in [6.07, 6.45) is 7.54. The standard InChI is InChI=1S/C14H19ClN2O/c15-9-11-17(12-6-2-1-3-7-12)14(18)13-8-4-5-10-16-13/h4-5,8,10,12H,1-3,6-7,9,11H2. The molecule has 1 aromatic rings. The Balaban J connectivity index is 2.11. The number of rotatable bonds is 4. The van der Waals surface area contributed by atoms with Gasteiger partial charge in [-0.05, 0) is 25.0 Å². The fourth-order valence-electron chi connectivity index (χ4n) is 2.57. The molecule has 4 heteroatoms. The molecule has 0 atom stereocenters. The van der Waals surface area contributed by atoms with E-state index in [4.69, 9.17) is 11.6 Å². The van der Waals surface area contributed by atoms with Crippen LogP contribution in [0, 0.1) is 0 Å². The zero-order valence-corrected chi connectivity index (χ0v) is 11.3. The maximum absolute atomic E-state index is 12.4. The normalized spacial score (nSPS) is 16.5. The van der Waals surface area contributed by atoms with Crippen molar-refractivity contribution in [1.82, 2.24) is 9.88 Å². The lowest BCUT2D eigenvalue weighted by Gasteiger charge is -2.33. The first-order valence-electron chi connectivity index (χ1n) is 6.61. The third-order valence-electron chi connectivity index (χ3n) is 3.49. The summed E-state index contributed by atoms with van der Waals surface area (Å²) in [5, 5.41) is 0. The van der Waals surface area contributed by atoms with Gasteiger partial charge in [0.05, 0.1) is 0 Å². The smallest absolute Gasteiger partial charge is 0.272 e. The van der Waals surface area contributed by atoms with Gasteiger partial charge in [-0.2, -0.15) is 0 Å². The number of carbonyl (C=O) groups is 1. The summed E-state index contributed by atoms with van der Waals surface area (Å²) in [6, 6.07) is 5.78. The average molecular weight is 267 g/mol. The molecule has 18 heavy (non-hydrogen) atoms. The van der Waals surface area contributed by atoms with Crippen LogP contribution in [-0.2, 0) is 0 Å². The van der Waals surface area contributed by atoms with Crippen molar-refractivity contribution >= 4 is 17.5 Å². The molecule has 0 saturated heterocycles. The topological polar surface area (TPSA) is 33.2 Å². The minimum Gasteiger partial charge on any atom is -0.333 e. The van der Waals surface area contributed by atoms with E-state index in [1.807, 2.05) is 17.0 Å². The molecule has 1 aliphatic carbocycles. The largest absolute Gasteiger partial charge is 0.333 e. The highest BCUT2D eigenvalue weighted by Gasteiger charge is 2.26. The first-order valence-corrected chi connectivity index (χ1v) is 7.14. The maximum Gasteiger partial charge on any atom is 0.272 e. The Morgan fingerprint density at radius 3 is 2.72 bits per heavy atom. The van der Waals surface area contributed by atoms with Gasteiger partial charge in [-0.1, -0.05) is 25.3 Å². The number of aromatic nitrogens is 1. The molecule has 0 aromatic carbocycles. The molecular weight excluding hydrogens is 248 g/mol. The van der Waals surface area contributed by atoms with Crippen LogP contribution in [-0.4, -0.2) is 34.3 Å². The summed E-state index contributed by atoms with van der Waals surface area (Å²) < 4.78 is 0. The molecule has 0 bridgehead atoms. The third-order valence-corrected chi connectivity index (χ3v) is 3.65. The van der Waals surface area contributed by atoms with Crippen LogP contribution < -0.4 is 0 Å². The molecule has 0 radical (unpaired) electrons. The van der Waals surface area contributed by atoms with Crippen molar-refractivity contribution in [2.75, 3.05) is 12.4 Å². The van der Waals surface area contributed by atoms with Gasteiger partial charge >= 0.3 is 0 Å². The highest BCUT2D eigenvalue weighted by atomic mass is 35.5. The first kappa shape index (κ1) is 13.3.